The van der Waals surface area contributed by atoms with E-state index in [1.165, 1.54) is 0 Å². The van der Waals surface area contributed by atoms with Gasteiger partial charge in [-0.25, -0.2) is 4.98 Å². The van der Waals surface area contributed by atoms with Crippen LogP contribution >= 0.6 is 11.6 Å². The molecule has 2 rings (SSSR count). The van der Waals surface area contributed by atoms with Crippen LogP contribution in [0.4, 0.5) is 11.5 Å². The van der Waals surface area contributed by atoms with Crippen molar-refractivity contribution in [3.8, 4) is 0 Å². The summed E-state index contributed by atoms with van der Waals surface area (Å²) < 4.78 is 5.54. The molecule has 96 valence electrons. The SMILES string of the molecule is Cc1ccc(C(C)Nc2nc(Cl)nc(C)c2N)o1. The van der Waals surface area contributed by atoms with E-state index in [-0.39, 0.29) is 11.3 Å². The van der Waals surface area contributed by atoms with E-state index >= 15 is 0 Å². The second-order valence-corrected chi connectivity index (χ2v) is 4.49. The molecular weight excluding hydrogens is 252 g/mol. The summed E-state index contributed by atoms with van der Waals surface area (Å²) in [6, 6.07) is 3.78. The number of aromatic nitrogens is 2. The smallest absolute Gasteiger partial charge is 0.224 e. The fourth-order valence-electron chi connectivity index (χ4n) is 1.62. The first-order valence-electron chi connectivity index (χ1n) is 5.60. The Kier molecular flexibility index (Phi) is 3.43. The zero-order valence-electron chi connectivity index (χ0n) is 10.5. The average molecular weight is 267 g/mol. The molecule has 3 N–H and O–H groups in total. The number of anilines is 2. The molecule has 0 aliphatic carbocycles. The summed E-state index contributed by atoms with van der Waals surface area (Å²) in [4.78, 5) is 8.07. The number of nitrogen functional groups attached to an aromatic ring is 1. The lowest BCUT2D eigenvalue weighted by atomic mass is 10.2. The fraction of sp³-hybridized carbons (Fsp3) is 0.333. The van der Waals surface area contributed by atoms with Crippen molar-refractivity contribution >= 4 is 23.1 Å². The Hall–Kier alpha value is -1.75. The van der Waals surface area contributed by atoms with Crippen LogP contribution in [0.25, 0.3) is 0 Å². The summed E-state index contributed by atoms with van der Waals surface area (Å²) in [6.07, 6.45) is 0. The molecule has 0 saturated carbocycles. The van der Waals surface area contributed by atoms with Gasteiger partial charge in [0.2, 0.25) is 5.28 Å². The molecule has 1 unspecified atom stereocenters. The Morgan fingerprint density at radius 1 is 1.33 bits per heavy atom. The Bertz CT molecular complexity index is 567. The molecule has 0 spiro atoms. The normalized spacial score (nSPS) is 12.4. The first-order valence-corrected chi connectivity index (χ1v) is 5.97. The van der Waals surface area contributed by atoms with E-state index < -0.39 is 0 Å². The van der Waals surface area contributed by atoms with Gasteiger partial charge < -0.3 is 15.5 Å². The summed E-state index contributed by atoms with van der Waals surface area (Å²) in [5, 5.41) is 3.34. The van der Waals surface area contributed by atoms with Crippen molar-refractivity contribution in [3.63, 3.8) is 0 Å². The maximum absolute atomic E-state index is 5.91. The van der Waals surface area contributed by atoms with Crippen LogP contribution < -0.4 is 11.1 Å². The van der Waals surface area contributed by atoms with Gasteiger partial charge in [-0.1, -0.05) is 0 Å². The quantitative estimate of drug-likeness (QED) is 0.835. The van der Waals surface area contributed by atoms with Crippen LogP contribution in [0.15, 0.2) is 16.5 Å². The third-order valence-corrected chi connectivity index (χ3v) is 2.82. The molecule has 1 atom stereocenters. The Balaban J connectivity index is 2.24. The highest BCUT2D eigenvalue weighted by molar-refractivity contribution is 6.28. The van der Waals surface area contributed by atoms with Crippen LogP contribution in [0.5, 0.6) is 0 Å². The van der Waals surface area contributed by atoms with Crippen molar-refractivity contribution in [2.24, 2.45) is 0 Å². The highest BCUT2D eigenvalue weighted by atomic mass is 35.5. The minimum Gasteiger partial charge on any atom is -0.464 e. The van der Waals surface area contributed by atoms with Crippen molar-refractivity contribution < 1.29 is 4.42 Å². The molecule has 2 heterocycles. The molecule has 18 heavy (non-hydrogen) atoms. The van der Waals surface area contributed by atoms with Crippen LogP contribution in [-0.2, 0) is 0 Å². The minimum atomic E-state index is -0.0497. The van der Waals surface area contributed by atoms with Gasteiger partial charge in [0.15, 0.2) is 5.82 Å². The molecule has 5 nitrogen and oxygen atoms in total. The van der Waals surface area contributed by atoms with E-state index in [1.807, 2.05) is 26.0 Å². The van der Waals surface area contributed by atoms with E-state index in [4.69, 9.17) is 21.8 Å². The van der Waals surface area contributed by atoms with Crippen LogP contribution in [0.3, 0.4) is 0 Å². The van der Waals surface area contributed by atoms with Crippen LogP contribution in [0.2, 0.25) is 5.28 Å². The van der Waals surface area contributed by atoms with Crippen molar-refractivity contribution in [2.75, 3.05) is 11.1 Å². The number of nitrogens with one attached hydrogen (secondary N) is 1. The summed E-state index contributed by atoms with van der Waals surface area (Å²) in [5.41, 5.74) is 7.05. The molecule has 0 saturated heterocycles. The number of nitrogens with two attached hydrogens (primary N) is 1. The van der Waals surface area contributed by atoms with E-state index in [0.29, 0.717) is 17.2 Å². The number of hydrogen-bond donors (Lipinski definition) is 2. The van der Waals surface area contributed by atoms with E-state index in [0.717, 1.165) is 11.5 Å². The molecule has 0 bridgehead atoms. The Labute approximate surface area is 110 Å². The second-order valence-electron chi connectivity index (χ2n) is 4.15. The number of rotatable bonds is 3. The lowest BCUT2D eigenvalue weighted by molar-refractivity contribution is 0.466. The monoisotopic (exact) mass is 266 g/mol. The molecule has 2 aromatic rings. The van der Waals surface area contributed by atoms with Crippen molar-refractivity contribution in [1.82, 2.24) is 9.97 Å². The first-order chi connectivity index (χ1) is 8.47. The predicted octanol–water partition coefficient (Wildman–Crippen LogP) is 3.10. The number of halogens is 1. The molecule has 0 amide bonds. The molecule has 0 radical (unpaired) electrons. The lowest BCUT2D eigenvalue weighted by Gasteiger charge is -2.14. The van der Waals surface area contributed by atoms with Gasteiger partial charge in [-0.3, -0.25) is 0 Å². The third-order valence-electron chi connectivity index (χ3n) is 2.65. The first kappa shape index (κ1) is 12.7. The van der Waals surface area contributed by atoms with Crippen LogP contribution in [0, 0.1) is 13.8 Å². The van der Waals surface area contributed by atoms with Gasteiger partial charge in [0.25, 0.3) is 0 Å². The van der Waals surface area contributed by atoms with Gasteiger partial charge >= 0.3 is 0 Å². The van der Waals surface area contributed by atoms with Crippen molar-refractivity contribution in [3.05, 3.63) is 34.6 Å². The summed E-state index contributed by atoms with van der Waals surface area (Å²) >= 11 is 5.81. The van der Waals surface area contributed by atoms with Crippen molar-refractivity contribution in [2.45, 2.75) is 26.8 Å². The summed E-state index contributed by atoms with van der Waals surface area (Å²) in [6.45, 7) is 5.65. The van der Waals surface area contributed by atoms with Gasteiger partial charge in [0.05, 0.1) is 17.4 Å². The Morgan fingerprint density at radius 2 is 2.06 bits per heavy atom. The minimum absolute atomic E-state index is 0.0497. The van der Waals surface area contributed by atoms with Gasteiger partial charge in [0, 0.05) is 0 Å². The molecule has 0 aliphatic heterocycles. The maximum Gasteiger partial charge on any atom is 0.224 e. The van der Waals surface area contributed by atoms with Crippen molar-refractivity contribution in [1.29, 1.82) is 0 Å². The predicted molar refractivity (Wildman–Crippen MR) is 71.7 cm³/mol. The number of nitrogens with zero attached hydrogens (tertiary/aromatic N) is 2. The van der Waals surface area contributed by atoms with Gasteiger partial charge in [0.1, 0.15) is 11.5 Å². The third kappa shape index (κ3) is 2.56. The lowest BCUT2D eigenvalue weighted by Crippen LogP contribution is -2.11. The standard InChI is InChI=1S/C12H15ClN4O/c1-6-4-5-9(18-6)7(2)15-11-10(14)8(3)16-12(13)17-11/h4-5,7H,14H2,1-3H3,(H,15,16,17). The fourth-order valence-corrected chi connectivity index (χ4v) is 1.83. The topological polar surface area (TPSA) is 77.0 Å². The number of hydrogen-bond acceptors (Lipinski definition) is 5. The van der Waals surface area contributed by atoms with E-state index in [9.17, 15) is 0 Å². The molecule has 6 heteroatoms. The average Bonchev–Trinajstić information content (AvgIpc) is 2.72. The molecular formula is C12H15ClN4O. The van der Waals surface area contributed by atoms with Crippen LogP contribution in [-0.4, -0.2) is 9.97 Å². The largest absolute Gasteiger partial charge is 0.464 e. The number of furan rings is 1. The van der Waals surface area contributed by atoms with Crippen LogP contribution in [0.1, 0.15) is 30.2 Å². The highest BCUT2D eigenvalue weighted by Gasteiger charge is 2.14. The molecule has 0 fully saturated rings. The number of aryl methyl sites for hydroxylation is 2. The summed E-state index contributed by atoms with van der Waals surface area (Å²) in [7, 11) is 0. The van der Waals surface area contributed by atoms with Gasteiger partial charge in [-0.05, 0) is 44.5 Å². The van der Waals surface area contributed by atoms with Gasteiger partial charge in [-0.15, -0.1) is 0 Å². The van der Waals surface area contributed by atoms with E-state index in [2.05, 4.69) is 15.3 Å². The van der Waals surface area contributed by atoms with E-state index in [1.54, 1.807) is 6.92 Å². The maximum atomic E-state index is 5.91. The summed E-state index contributed by atoms with van der Waals surface area (Å²) in [5.74, 6) is 2.21. The van der Waals surface area contributed by atoms with Gasteiger partial charge in [-0.2, -0.15) is 4.98 Å². The molecule has 2 aromatic heterocycles. The highest BCUT2D eigenvalue weighted by Crippen LogP contribution is 2.26. The molecule has 0 aromatic carbocycles. The zero-order chi connectivity index (χ0) is 13.3. The zero-order valence-corrected chi connectivity index (χ0v) is 11.2. The Morgan fingerprint density at radius 3 is 2.67 bits per heavy atom. The second kappa shape index (κ2) is 4.86. The molecule has 0 aliphatic rings.